The van der Waals surface area contributed by atoms with Gasteiger partial charge < -0.3 is 15.0 Å². The summed E-state index contributed by atoms with van der Waals surface area (Å²) in [4.78, 5) is 27.8. The van der Waals surface area contributed by atoms with Crippen LogP contribution in [-0.2, 0) is 14.3 Å². The fourth-order valence-corrected chi connectivity index (χ4v) is 3.41. The quantitative estimate of drug-likeness (QED) is 0.787. The van der Waals surface area contributed by atoms with Crippen molar-refractivity contribution in [2.24, 2.45) is 5.92 Å². The molecule has 0 bridgehead atoms. The minimum absolute atomic E-state index is 0.0573. The zero-order chi connectivity index (χ0) is 16.7. The zero-order valence-corrected chi connectivity index (χ0v) is 14.6. The summed E-state index contributed by atoms with van der Waals surface area (Å²) in [7, 11) is 0. The number of carbonyl (C=O) groups excluding carboxylic acids is 2. The van der Waals surface area contributed by atoms with Crippen molar-refractivity contribution in [2.75, 3.05) is 45.9 Å². The van der Waals surface area contributed by atoms with Gasteiger partial charge in [-0.3, -0.25) is 14.5 Å². The van der Waals surface area contributed by atoms with Crippen LogP contribution in [0.25, 0.3) is 0 Å². The van der Waals surface area contributed by atoms with Gasteiger partial charge in [0.15, 0.2) is 0 Å². The number of hydrogen-bond donors (Lipinski definition) is 1. The van der Waals surface area contributed by atoms with E-state index in [4.69, 9.17) is 4.74 Å². The van der Waals surface area contributed by atoms with Crippen LogP contribution in [0.5, 0.6) is 0 Å². The lowest BCUT2D eigenvalue weighted by Gasteiger charge is -2.35. The van der Waals surface area contributed by atoms with Gasteiger partial charge in [0.2, 0.25) is 11.8 Å². The van der Waals surface area contributed by atoms with Gasteiger partial charge in [-0.1, -0.05) is 19.8 Å². The highest BCUT2D eigenvalue weighted by atomic mass is 16.5. The Bertz CT molecular complexity index is 395. The zero-order valence-electron chi connectivity index (χ0n) is 14.6. The third kappa shape index (κ3) is 5.77. The molecule has 23 heavy (non-hydrogen) atoms. The van der Waals surface area contributed by atoms with Crippen molar-refractivity contribution in [1.29, 1.82) is 0 Å². The lowest BCUT2D eigenvalue weighted by atomic mass is 9.88. The average Bonchev–Trinajstić information content (AvgIpc) is 2.55. The molecule has 1 aliphatic heterocycles. The summed E-state index contributed by atoms with van der Waals surface area (Å²) >= 11 is 0. The maximum absolute atomic E-state index is 12.3. The van der Waals surface area contributed by atoms with Crippen molar-refractivity contribution >= 4 is 11.8 Å². The first-order valence-corrected chi connectivity index (χ1v) is 8.98. The number of rotatable bonds is 6. The molecule has 0 aromatic heterocycles. The van der Waals surface area contributed by atoms with Crippen LogP contribution in [0.2, 0.25) is 0 Å². The standard InChI is InChI=1S/C17H31N3O3/c1-3-18-16(21)12-19-8-10-20(11-9-19)17(22)13-23-15-7-5-4-6-14(15)2/h14-15H,3-13H2,1-2H3,(H,18,21)/t14-,15+/m1/s1. The van der Waals surface area contributed by atoms with Gasteiger partial charge in [0, 0.05) is 32.7 Å². The van der Waals surface area contributed by atoms with Crippen LogP contribution < -0.4 is 5.32 Å². The molecule has 1 N–H and O–H groups in total. The Kier molecular flexibility index (Phi) is 7.30. The number of nitrogens with zero attached hydrogens (tertiary/aromatic N) is 2. The third-order valence-corrected chi connectivity index (χ3v) is 4.92. The number of likely N-dealkylation sites (N-methyl/N-ethyl adjacent to an activating group) is 1. The Morgan fingerprint density at radius 1 is 1.13 bits per heavy atom. The van der Waals surface area contributed by atoms with E-state index in [1.807, 2.05) is 11.8 Å². The lowest BCUT2D eigenvalue weighted by Crippen LogP contribution is -2.52. The number of carbonyl (C=O) groups is 2. The first-order valence-electron chi connectivity index (χ1n) is 8.98. The van der Waals surface area contributed by atoms with Gasteiger partial charge in [0.25, 0.3) is 0 Å². The Morgan fingerprint density at radius 2 is 1.83 bits per heavy atom. The Labute approximate surface area is 139 Å². The van der Waals surface area contributed by atoms with Crippen LogP contribution in [0.1, 0.15) is 39.5 Å². The largest absolute Gasteiger partial charge is 0.368 e. The molecule has 2 amide bonds. The normalized spacial score (nSPS) is 26.1. The van der Waals surface area contributed by atoms with E-state index < -0.39 is 0 Å². The molecule has 6 nitrogen and oxygen atoms in total. The van der Waals surface area contributed by atoms with Crippen molar-refractivity contribution in [3.63, 3.8) is 0 Å². The summed E-state index contributed by atoms with van der Waals surface area (Å²) in [6.07, 6.45) is 5.02. The van der Waals surface area contributed by atoms with Crippen LogP contribution in [0, 0.1) is 5.92 Å². The van der Waals surface area contributed by atoms with Gasteiger partial charge in [-0.15, -0.1) is 0 Å². The second-order valence-corrected chi connectivity index (χ2v) is 6.72. The summed E-state index contributed by atoms with van der Waals surface area (Å²) in [6, 6.07) is 0. The van der Waals surface area contributed by atoms with Gasteiger partial charge in [-0.25, -0.2) is 0 Å². The molecule has 0 spiro atoms. The van der Waals surface area contributed by atoms with E-state index in [0.29, 0.717) is 32.1 Å². The second-order valence-electron chi connectivity index (χ2n) is 6.72. The molecular weight excluding hydrogens is 294 g/mol. The summed E-state index contributed by atoms with van der Waals surface area (Å²) in [5, 5.41) is 2.81. The molecule has 1 saturated carbocycles. The number of nitrogens with one attached hydrogen (secondary N) is 1. The van der Waals surface area contributed by atoms with Crippen LogP contribution in [0.4, 0.5) is 0 Å². The monoisotopic (exact) mass is 325 g/mol. The van der Waals surface area contributed by atoms with E-state index in [2.05, 4.69) is 17.1 Å². The van der Waals surface area contributed by atoms with Gasteiger partial charge >= 0.3 is 0 Å². The van der Waals surface area contributed by atoms with E-state index in [1.165, 1.54) is 19.3 Å². The Hall–Kier alpha value is -1.14. The summed E-state index contributed by atoms with van der Waals surface area (Å²) < 4.78 is 5.86. The van der Waals surface area contributed by atoms with E-state index in [1.54, 1.807) is 0 Å². The first-order chi connectivity index (χ1) is 11.1. The highest BCUT2D eigenvalue weighted by Gasteiger charge is 2.26. The molecule has 0 aromatic carbocycles. The van der Waals surface area contributed by atoms with Crippen molar-refractivity contribution in [3.8, 4) is 0 Å². The van der Waals surface area contributed by atoms with Crippen molar-refractivity contribution in [2.45, 2.75) is 45.6 Å². The molecule has 2 fully saturated rings. The van der Waals surface area contributed by atoms with Crippen LogP contribution in [0.3, 0.4) is 0 Å². The highest BCUT2D eigenvalue weighted by molar-refractivity contribution is 5.78. The Morgan fingerprint density at radius 3 is 2.48 bits per heavy atom. The van der Waals surface area contributed by atoms with Crippen molar-refractivity contribution in [1.82, 2.24) is 15.1 Å². The van der Waals surface area contributed by atoms with E-state index >= 15 is 0 Å². The maximum Gasteiger partial charge on any atom is 0.248 e. The maximum atomic E-state index is 12.3. The number of amides is 2. The molecule has 2 atom stereocenters. The van der Waals surface area contributed by atoms with Gasteiger partial charge in [-0.2, -0.15) is 0 Å². The van der Waals surface area contributed by atoms with E-state index in [0.717, 1.165) is 19.5 Å². The lowest BCUT2D eigenvalue weighted by molar-refractivity contribution is -0.142. The molecule has 132 valence electrons. The van der Waals surface area contributed by atoms with Gasteiger partial charge in [0.05, 0.1) is 12.6 Å². The molecule has 2 rings (SSSR count). The summed E-state index contributed by atoms with van der Waals surface area (Å²) in [6.45, 7) is 8.29. The number of ether oxygens (including phenoxy) is 1. The predicted octanol–water partition coefficient (Wildman–Crippen LogP) is 0.862. The highest BCUT2D eigenvalue weighted by Crippen LogP contribution is 2.26. The minimum atomic E-state index is 0.0573. The van der Waals surface area contributed by atoms with E-state index in [9.17, 15) is 9.59 Å². The van der Waals surface area contributed by atoms with E-state index in [-0.39, 0.29) is 24.5 Å². The van der Waals surface area contributed by atoms with Gasteiger partial charge in [-0.05, 0) is 25.7 Å². The number of hydrogen-bond acceptors (Lipinski definition) is 4. The molecule has 6 heteroatoms. The van der Waals surface area contributed by atoms with Crippen LogP contribution in [-0.4, -0.2) is 73.6 Å². The molecular formula is C17H31N3O3. The summed E-state index contributed by atoms with van der Waals surface area (Å²) in [5.41, 5.74) is 0. The van der Waals surface area contributed by atoms with Crippen molar-refractivity contribution in [3.05, 3.63) is 0 Å². The molecule has 1 saturated heterocycles. The fraction of sp³-hybridized carbons (Fsp3) is 0.882. The predicted molar refractivity (Wildman–Crippen MR) is 89.1 cm³/mol. The topological polar surface area (TPSA) is 61.9 Å². The number of piperazine rings is 1. The molecule has 0 unspecified atom stereocenters. The molecule has 0 radical (unpaired) electrons. The van der Waals surface area contributed by atoms with Crippen LogP contribution in [0.15, 0.2) is 0 Å². The molecule has 1 aliphatic carbocycles. The SMILES string of the molecule is CCNC(=O)CN1CCN(C(=O)CO[C@H]2CCCC[C@H]2C)CC1. The van der Waals surface area contributed by atoms with Crippen molar-refractivity contribution < 1.29 is 14.3 Å². The third-order valence-electron chi connectivity index (χ3n) is 4.92. The minimum Gasteiger partial charge on any atom is -0.368 e. The van der Waals surface area contributed by atoms with Crippen LogP contribution >= 0.6 is 0 Å². The molecule has 1 heterocycles. The molecule has 0 aromatic rings. The smallest absolute Gasteiger partial charge is 0.248 e. The fourth-order valence-electron chi connectivity index (χ4n) is 3.41. The van der Waals surface area contributed by atoms with Gasteiger partial charge in [0.1, 0.15) is 6.61 Å². The first kappa shape index (κ1) is 18.2. The molecule has 2 aliphatic rings. The Balaban J connectivity index is 1.66. The second kappa shape index (κ2) is 9.23. The summed E-state index contributed by atoms with van der Waals surface area (Å²) in [5.74, 6) is 0.702. The average molecular weight is 325 g/mol.